The van der Waals surface area contributed by atoms with Crippen LogP contribution in [0.25, 0.3) is 0 Å². The van der Waals surface area contributed by atoms with Crippen LogP contribution in [0.15, 0.2) is 12.2 Å². The predicted octanol–water partition coefficient (Wildman–Crippen LogP) is 7.09. The Morgan fingerprint density at radius 3 is 2.15 bits per heavy atom. The molecule has 0 saturated heterocycles. The van der Waals surface area contributed by atoms with Gasteiger partial charge in [-0.05, 0) is 122 Å². The summed E-state index contributed by atoms with van der Waals surface area (Å²) in [6, 6.07) is 0. The number of hydrogen-bond donors (Lipinski definition) is 2. The quantitative estimate of drug-likeness (QED) is 0.436. The van der Waals surface area contributed by atoms with Crippen LogP contribution in [0.4, 0.5) is 0 Å². The molecule has 0 bridgehead atoms. The lowest BCUT2D eigenvalue weighted by molar-refractivity contribution is -0.248. The van der Waals surface area contributed by atoms with Gasteiger partial charge in [0.05, 0.1) is 11.5 Å². The Kier molecular flexibility index (Phi) is 5.15. The summed E-state index contributed by atoms with van der Waals surface area (Å²) in [5.74, 6) is 1.79. The first kappa shape index (κ1) is 23.9. The number of aliphatic carboxylic acids is 1. The summed E-state index contributed by atoms with van der Waals surface area (Å²) >= 11 is 0. The van der Waals surface area contributed by atoms with Crippen molar-refractivity contribution < 1.29 is 15.0 Å². The van der Waals surface area contributed by atoms with Crippen molar-refractivity contribution in [1.82, 2.24) is 0 Å². The number of allylic oxidation sites excluding steroid dienone is 1. The predicted molar refractivity (Wildman–Crippen MR) is 133 cm³/mol. The van der Waals surface area contributed by atoms with E-state index in [0.717, 1.165) is 38.5 Å². The van der Waals surface area contributed by atoms with E-state index in [1.54, 1.807) is 0 Å². The van der Waals surface area contributed by atoms with Gasteiger partial charge in [0.15, 0.2) is 0 Å². The number of carbonyl (C=O) groups is 1. The van der Waals surface area contributed by atoms with Crippen molar-refractivity contribution in [3.63, 3.8) is 0 Å². The van der Waals surface area contributed by atoms with E-state index in [-0.39, 0.29) is 33.7 Å². The van der Waals surface area contributed by atoms with Crippen molar-refractivity contribution >= 4 is 5.97 Å². The number of rotatable bonds is 2. The minimum Gasteiger partial charge on any atom is -0.481 e. The Balaban J connectivity index is 1.57. The summed E-state index contributed by atoms with van der Waals surface area (Å²) in [6.45, 7) is 18.8. The number of hydrogen-bond acceptors (Lipinski definition) is 2. The highest BCUT2D eigenvalue weighted by Crippen LogP contribution is 2.77. The lowest BCUT2D eigenvalue weighted by Crippen LogP contribution is -2.67. The lowest BCUT2D eigenvalue weighted by Gasteiger charge is -2.72. The third kappa shape index (κ3) is 2.75. The van der Waals surface area contributed by atoms with Gasteiger partial charge in [-0.15, -0.1) is 0 Å². The zero-order valence-corrected chi connectivity index (χ0v) is 22.0. The summed E-state index contributed by atoms with van der Waals surface area (Å²) < 4.78 is 0. The third-order valence-electron chi connectivity index (χ3n) is 13.5. The van der Waals surface area contributed by atoms with E-state index in [9.17, 15) is 15.0 Å². The molecule has 2 N–H and O–H groups in total. The molecule has 0 aromatic carbocycles. The van der Waals surface area contributed by atoms with Crippen molar-refractivity contribution in [1.29, 1.82) is 0 Å². The molecule has 5 aliphatic carbocycles. The van der Waals surface area contributed by atoms with Crippen molar-refractivity contribution in [3.8, 4) is 0 Å². The Labute approximate surface area is 201 Å². The van der Waals surface area contributed by atoms with E-state index in [2.05, 4.69) is 48.1 Å². The maximum absolute atomic E-state index is 12.8. The fourth-order valence-electron chi connectivity index (χ4n) is 11.5. The van der Waals surface area contributed by atoms with Crippen LogP contribution in [0.5, 0.6) is 0 Å². The first-order chi connectivity index (χ1) is 15.3. The second-order valence-corrected chi connectivity index (χ2v) is 14.5. The van der Waals surface area contributed by atoms with Crippen molar-refractivity contribution in [2.45, 2.75) is 112 Å². The van der Waals surface area contributed by atoms with E-state index in [0.29, 0.717) is 23.7 Å². The Morgan fingerprint density at radius 1 is 0.818 bits per heavy atom. The standard InChI is InChI=1S/C30H48O3/c1-18(2)19-10-15-30(25(32)33)17-16-28(6)20(24(19)30)8-9-22-27(5)13-12-23(31)26(3,4)21(27)11-14-29(22,28)7/h19-24,31H,1,8-17H2,2-7H3,(H,32,33)/t19-,20?,21-,22+,23+,24-,27-,28+,29+,30-/m0/s1. The van der Waals surface area contributed by atoms with Crippen molar-refractivity contribution in [2.75, 3.05) is 0 Å². The molecule has 0 aromatic heterocycles. The van der Waals surface area contributed by atoms with Gasteiger partial charge < -0.3 is 10.2 Å². The summed E-state index contributed by atoms with van der Waals surface area (Å²) in [6.07, 6.45) is 10.5. The third-order valence-corrected chi connectivity index (χ3v) is 13.5. The van der Waals surface area contributed by atoms with Gasteiger partial charge in [-0.2, -0.15) is 0 Å². The fourth-order valence-corrected chi connectivity index (χ4v) is 11.5. The molecule has 5 fully saturated rings. The van der Waals surface area contributed by atoms with Gasteiger partial charge in [0.2, 0.25) is 0 Å². The molecular formula is C30H48O3. The number of fused-ring (bicyclic) bond motifs is 7. The normalized spacial score (nSPS) is 55.0. The molecule has 5 aliphatic rings. The monoisotopic (exact) mass is 456 g/mol. The molecule has 10 atom stereocenters. The van der Waals surface area contributed by atoms with Gasteiger partial charge in [-0.1, -0.05) is 46.8 Å². The maximum atomic E-state index is 12.8. The van der Waals surface area contributed by atoms with Crippen LogP contribution in [0.2, 0.25) is 0 Å². The first-order valence-electron chi connectivity index (χ1n) is 13.8. The minimum absolute atomic E-state index is 0.0202. The average molecular weight is 457 g/mol. The molecule has 3 heteroatoms. The highest BCUT2D eigenvalue weighted by Gasteiger charge is 2.71. The van der Waals surface area contributed by atoms with E-state index in [1.165, 1.54) is 31.3 Å². The summed E-state index contributed by atoms with van der Waals surface area (Å²) in [7, 11) is 0. The average Bonchev–Trinajstić information content (AvgIpc) is 3.13. The van der Waals surface area contributed by atoms with Gasteiger partial charge in [0.1, 0.15) is 0 Å². The Hall–Kier alpha value is -0.830. The molecule has 186 valence electrons. The molecule has 5 saturated carbocycles. The second-order valence-electron chi connectivity index (χ2n) is 14.5. The summed E-state index contributed by atoms with van der Waals surface area (Å²) in [4.78, 5) is 12.8. The second kappa shape index (κ2) is 7.11. The fraction of sp³-hybridized carbons (Fsp3) is 0.900. The summed E-state index contributed by atoms with van der Waals surface area (Å²) in [5, 5.41) is 21.4. The molecular weight excluding hydrogens is 408 g/mol. The number of aliphatic hydroxyl groups is 1. The molecule has 0 radical (unpaired) electrons. The molecule has 3 nitrogen and oxygen atoms in total. The molecule has 0 aliphatic heterocycles. The van der Waals surface area contributed by atoms with E-state index in [4.69, 9.17) is 0 Å². The van der Waals surface area contributed by atoms with Crippen LogP contribution in [0, 0.1) is 56.7 Å². The minimum atomic E-state index is -0.538. The van der Waals surface area contributed by atoms with Crippen LogP contribution in [-0.2, 0) is 4.79 Å². The van der Waals surface area contributed by atoms with Gasteiger partial charge in [0.25, 0.3) is 0 Å². The highest BCUT2D eigenvalue weighted by atomic mass is 16.4. The van der Waals surface area contributed by atoms with Crippen LogP contribution in [0.3, 0.4) is 0 Å². The summed E-state index contributed by atoms with van der Waals surface area (Å²) in [5.41, 5.74) is 1.35. The maximum Gasteiger partial charge on any atom is 0.309 e. The van der Waals surface area contributed by atoms with Gasteiger partial charge >= 0.3 is 5.97 Å². The molecule has 0 spiro atoms. The molecule has 0 amide bonds. The van der Waals surface area contributed by atoms with Crippen LogP contribution < -0.4 is 0 Å². The van der Waals surface area contributed by atoms with Crippen molar-refractivity contribution in [3.05, 3.63) is 12.2 Å². The molecule has 0 aromatic rings. The van der Waals surface area contributed by atoms with Crippen molar-refractivity contribution in [2.24, 2.45) is 56.7 Å². The zero-order chi connectivity index (χ0) is 24.2. The van der Waals surface area contributed by atoms with E-state index in [1.807, 2.05) is 0 Å². The van der Waals surface area contributed by atoms with Gasteiger partial charge in [-0.3, -0.25) is 4.79 Å². The van der Waals surface area contributed by atoms with Crippen LogP contribution in [-0.4, -0.2) is 22.3 Å². The first-order valence-corrected chi connectivity index (χ1v) is 13.8. The van der Waals surface area contributed by atoms with Gasteiger partial charge in [0, 0.05) is 0 Å². The Bertz CT molecular complexity index is 861. The molecule has 33 heavy (non-hydrogen) atoms. The van der Waals surface area contributed by atoms with Crippen LogP contribution >= 0.6 is 0 Å². The van der Waals surface area contributed by atoms with E-state index < -0.39 is 11.4 Å². The SMILES string of the molecule is C=C(C)[C@@H]1CC[C@]2(C(=O)O)CC[C@]3(C)C(CC[C@@H]4[C@@]5(C)CC[C@@H](O)C(C)(C)[C@@H]5CC[C@]43C)[C@H]12. The van der Waals surface area contributed by atoms with Gasteiger partial charge in [-0.25, -0.2) is 0 Å². The molecule has 5 rings (SSSR count). The number of carboxylic acid groups (broad SMARTS) is 1. The topological polar surface area (TPSA) is 57.5 Å². The number of aliphatic hydroxyl groups excluding tert-OH is 1. The highest BCUT2D eigenvalue weighted by molar-refractivity contribution is 5.76. The molecule has 0 heterocycles. The zero-order valence-electron chi connectivity index (χ0n) is 22.0. The Morgan fingerprint density at radius 2 is 1.52 bits per heavy atom. The molecule has 1 unspecified atom stereocenters. The van der Waals surface area contributed by atoms with Crippen LogP contribution in [0.1, 0.15) is 106 Å². The smallest absolute Gasteiger partial charge is 0.309 e. The number of carboxylic acids is 1. The largest absolute Gasteiger partial charge is 0.481 e. The van der Waals surface area contributed by atoms with E-state index >= 15 is 0 Å². The lowest BCUT2D eigenvalue weighted by atomic mass is 9.32.